The normalized spacial score (nSPS) is 16.7. The Labute approximate surface area is 313 Å². The summed E-state index contributed by atoms with van der Waals surface area (Å²) in [7, 11) is 3.61. The van der Waals surface area contributed by atoms with Gasteiger partial charge in [-0.05, 0) is 49.6 Å². The van der Waals surface area contributed by atoms with Crippen LogP contribution in [-0.4, -0.2) is 95.9 Å². The number of ether oxygens (including phenoxy) is 1. The van der Waals surface area contributed by atoms with Crippen LogP contribution in [0.15, 0.2) is 48.5 Å². The molecule has 1 atom stereocenters. The van der Waals surface area contributed by atoms with Crippen molar-refractivity contribution >= 4 is 60.0 Å². The van der Waals surface area contributed by atoms with E-state index < -0.39 is 23.5 Å². The Morgan fingerprint density at radius 2 is 1.69 bits per heavy atom. The summed E-state index contributed by atoms with van der Waals surface area (Å²) >= 11 is 0. The molecule has 280 valence electrons. The smallest absolute Gasteiger partial charge is 0.416 e. The van der Waals surface area contributed by atoms with Gasteiger partial charge in [-0.2, -0.15) is 13.2 Å². The van der Waals surface area contributed by atoms with E-state index in [0.717, 1.165) is 55.6 Å². The minimum atomic E-state index is -4.71. The largest absolute Gasteiger partial charge is 0.480 e. The molecule has 2 N–H and O–H groups in total. The molecule has 2 fully saturated rings. The minimum absolute atomic E-state index is 0. The summed E-state index contributed by atoms with van der Waals surface area (Å²) in [5.41, 5.74) is 2.64. The van der Waals surface area contributed by atoms with Crippen LogP contribution < -0.4 is 4.90 Å². The molecule has 0 amide bonds. The first-order chi connectivity index (χ1) is 22.8. The zero-order chi connectivity index (χ0) is 34.2. The molecule has 1 saturated heterocycles. The molecule has 1 unspecified atom stereocenters. The third-order valence-electron chi connectivity index (χ3n) is 9.79. The van der Waals surface area contributed by atoms with Gasteiger partial charge < -0.3 is 19.7 Å². The van der Waals surface area contributed by atoms with Gasteiger partial charge >= 0.3 is 12.1 Å². The van der Waals surface area contributed by atoms with Gasteiger partial charge in [0.2, 0.25) is 0 Å². The summed E-state index contributed by atoms with van der Waals surface area (Å²) in [6.45, 7) is 6.35. The number of hydrogen-bond donors (Lipinski definition) is 2. The predicted octanol–water partition coefficient (Wildman–Crippen LogP) is 7.73. The highest BCUT2D eigenvalue weighted by Gasteiger charge is 2.38. The molecule has 1 aliphatic carbocycles. The summed E-state index contributed by atoms with van der Waals surface area (Å²) in [4.78, 5) is 30.2. The number of hydrogen-bond acceptors (Lipinski definition) is 7. The van der Waals surface area contributed by atoms with E-state index in [1.165, 1.54) is 0 Å². The number of aromatic amines is 1. The molecule has 9 nitrogen and oxygen atoms in total. The van der Waals surface area contributed by atoms with Gasteiger partial charge in [-0.25, -0.2) is 14.4 Å². The zero-order valence-corrected chi connectivity index (χ0v) is 31.0. The number of aliphatic carboxylic acids is 1. The van der Waals surface area contributed by atoms with E-state index in [2.05, 4.69) is 26.7 Å². The number of carboxylic acid groups (broad SMARTS) is 1. The minimum Gasteiger partial charge on any atom is -0.480 e. The molecular weight excluding hydrogens is 735 g/mol. The van der Waals surface area contributed by atoms with Gasteiger partial charge in [0.05, 0.1) is 30.1 Å². The third kappa shape index (κ3) is 9.43. The quantitative estimate of drug-likeness (QED) is 0.150. The van der Waals surface area contributed by atoms with Crippen molar-refractivity contribution in [2.24, 2.45) is 5.41 Å². The number of aromatic nitrogens is 3. The summed E-state index contributed by atoms with van der Waals surface area (Å²) in [5.74, 6) is -1.26. The van der Waals surface area contributed by atoms with Crippen LogP contribution in [0.4, 0.5) is 23.2 Å². The van der Waals surface area contributed by atoms with Crippen molar-refractivity contribution in [3.05, 3.63) is 65.5 Å². The van der Waals surface area contributed by atoms with Gasteiger partial charge in [-0.1, -0.05) is 30.7 Å². The molecule has 2 aromatic carbocycles. The van der Waals surface area contributed by atoms with E-state index in [4.69, 9.17) is 14.8 Å². The molecule has 0 spiro atoms. The van der Waals surface area contributed by atoms with E-state index in [-0.39, 0.29) is 66.5 Å². The summed E-state index contributed by atoms with van der Waals surface area (Å²) < 4.78 is 60.8. The maximum absolute atomic E-state index is 14.5. The number of nitrogens with one attached hydrogen (secondary N) is 1. The highest BCUT2D eigenvalue weighted by atomic mass is 35.5. The van der Waals surface area contributed by atoms with Crippen molar-refractivity contribution in [3.63, 3.8) is 0 Å². The van der Waals surface area contributed by atoms with E-state index in [9.17, 15) is 22.4 Å². The predicted molar refractivity (Wildman–Crippen MR) is 197 cm³/mol. The lowest BCUT2D eigenvalue weighted by atomic mass is 9.69. The number of carbonyl (C=O) groups is 1. The lowest BCUT2D eigenvalue weighted by Gasteiger charge is -2.44. The van der Waals surface area contributed by atoms with Crippen molar-refractivity contribution in [1.29, 1.82) is 0 Å². The average molecular weight is 778 g/mol. The Morgan fingerprint density at radius 1 is 1.02 bits per heavy atom. The molecular formula is C35H43Cl3F4N6O3. The summed E-state index contributed by atoms with van der Waals surface area (Å²) in [6.07, 6.45) is -1.61. The van der Waals surface area contributed by atoms with Crippen LogP contribution in [0.5, 0.6) is 0 Å². The highest BCUT2D eigenvalue weighted by Crippen LogP contribution is 2.43. The Balaban J connectivity index is 0.00000234. The SMILES string of the molecule is COCC1(CN(C)c2cc(-c3cc(F)cc(C(F)(F)F)c3)nc3nc(-c4ccc(C(C)N5CCN(CC(=O)O)CC5)cc4)[nH]c23)CCC1.Cl.Cl.Cl. The Hall–Kier alpha value is -3.20. The lowest BCUT2D eigenvalue weighted by Crippen LogP contribution is -2.48. The number of carboxylic acids is 1. The number of nitrogens with zero attached hydrogens (tertiary/aromatic N) is 5. The standard InChI is InChI=1S/C35H40F4N6O3.3ClH/c1-22(45-13-11-44(12-14-45)19-30(46)47)23-5-7-24(8-6-23)32-41-31-29(43(2)20-34(21-48-3)9-4-10-34)18-28(40-33(31)42-32)25-15-26(35(37,38)39)17-27(36)16-25;;;/h5-8,15-18,22H,4,9-14,19-21H2,1-3H3,(H,46,47)(H,40,41,42);3*1H. The number of benzene rings is 2. The van der Waals surface area contributed by atoms with Crippen molar-refractivity contribution in [2.75, 3.05) is 64.9 Å². The molecule has 2 aromatic heterocycles. The Kier molecular flexibility index (Phi) is 14.1. The number of imidazole rings is 1. The van der Waals surface area contributed by atoms with Gasteiger partial charge in [-0.3, -0.25) is 14.6 Å². The number of rotatable bonds is 11. The number of H-pyrrole nitrogens is 1. The topological polar surface area (TPSA) is 97.8 Å². The maximum Gasteiger partial charge on any atom is 0.416 e. The van der Waals surface area contributed by atoms with E-state index in [0.29, 0.717) is 55.0 Å². The number of methoxy groups -OCH3 is 1. The van der Waals surface area contributed by atoms with Crippen LogP contribution in [0.25, 0.3) is 33.8 Å². The third-order valence-corrected chi connectivity index (χ3v) is 9.79. The first kappa shape index (κ1) is 42.2. The fourth-order valence-electron chi connectivity index (χ4n) is 7.01. The molecule has 0 bridgehead atoms. The summed E-state index contributed by atoms with van der Waals surface area (Å²) in [6, 6.07) is 12.3. The lowest BCUT2D eigenvalue weighted by molar-refractivity contribution is -0.139. The molecule has 16 heteroatoms. The number of anilines is 1. The van der Waals surface area contributed by atoms with E-state index in [1.807, 2.05) is 36.2 Å². The molecule has 3 heterocycles. The van der Waals surface area contributed by atoms with Crippen LogP contribution in [-0.2, 0) is 15.7 Å². The van der Waals surface area contributed by atoms with E-state index >= 15 is 0 Å². The first-order valence-corrected chi connectivity index (χ1v) is 16.1. The number of pyridine rings is 1. The second kappa shape index (κ2) is 17.1. The fraction of sp³-hybridized carbons (Fsp3) is 0.457. The van der Waals surface area contributed by atoms with Gasteiger partial charge in [0.25, 0.3) is 0 Å². The van der Waals surface area contributed by atoms with Crippen molar-refractivity contribution in [2.45, 2.75) is 38.4 Å². The van der Waals surface area contributed by atoms with Crippen molar-refractivity contribution in [1.82, 2.24) is 24.8 Å². The van der Waals surface area contributed by atoms with Crippen LogP contribution in [0.1, 0.15) is 43.4 Å². The van der Waals surface area contributed by atoms with Gasteiger partial charge in [0.1, 0.15) is 17.2 Å². The highest BCUT2D eigenvalue weighted by molar-refractivity contribution is 5.91. The fourth-order valence-corrected chi connectivity index (χ4v) is 7.01. The van der Waals surface area contributed by atoms with Crippen LogP contribution in [0.2, 0.25) is 0 Å². The van der Waals surface area contributed by atoms with Crippen LogP contribution in [0.3, 0.4) is 0 Å². The summed E-state index contributed by atoms with van der Waals surface area (Å²) in [5, 5.41) is 9.09. The second-order valence-corrected chi connectivity index (χ2v) is 13.2. The number of halogens is 7. The maximum atomic E-state index is 14.5. The van der Waals surface area contributed by atoms with Crippen LogP contribution in [0, 0.1) is 11.2 Å². The molecule has 6 rings (SSSR count). The van der Waals surface area contributed by atoms with Gasteiger partial charge in [0.15, 0.2) is 5.65 Å². The van der Waals surface area contributed by atoms with Crippen molar-refractivity contribution < 1.29 is 32.2 Å². The number of alkyl halides is 3. The molecule has 4 aromatic rings. The van der Waals surface area contributed by atoms with E-state index in [1.54, 1.807) is 13.2 Å². The Bertz CT molecular complexity index is 1780. The zero-order valence-electron chi connectivity index (χ0n) is 28.5. The molecule has 1 saturated carbocycles. The van der Waals surface area contributed by atoms with Crippen molar-refractivity contribution in [3.8, 4) is 22.6 Å². The first-order valence-electron chi connectivity index (χ1n) is 16.1. The molecule has 1 aliphatic heterocycles. The van der Waals surface area contributed by atoms with Gasteiger partial charge in [-0.15, -0.1) is 37.2 Å². The average Bonchev–Trinajstić information content (AvgIpc) is 3.47. The monoisotopic (exact) mass is 776 g/mol. The second-order valence-electron chi connectivity index (χ2n) is 13.2. The Morgan fingerprint density at radius 3 is 2.25 bits per heavy atom. The number of piperazine rings is 1. The molecule has 0 radical (unpaired) electrons. The van der Waals surface area contributed by atoms with Gasteiger partial charge in [0, 0.05) is 69.5 Å². The molecule has 2 aliphatic rings. The number of fused-ring (bicyclic) bond motifs is 1. The van der Waals surface area contributed by atoms with Crippen LogP contribution >= 0.6 is 37.2 Å². The molecule has 51 heavy (non-hydrogen) atoms.